The monoisotopic (exact) mass is 357 g/mol. The van der Waals surface area contributed by atoms with Gasteiger partial charge in [0, 0.05) is 19.2 Å². The van der Waals surface area contributed by atoms with Crippen LogP contribution in [-0.4, -0.2) is 29.5 Å². The van der Waals surface area contributed by atoms with Crippen molar-refractivity contribution in [3.05, 3.63) is 58.1 Å². The zero-order valence-electron chi connectivity index (χ0n) is 13.6. The normalized spacial score (nSPS) is 10.6. The Hall–Kier alpha value is -3.00. The fraction of sp³-hybridized carbons (Fsp3) is 0.176. The molecule has 0 saturated carbocycles. The number of aromatic nitrogens is 1. The van der Waals surface area contributed by atoms with Gasteiger partial charge in [-0.1, -0.05) is 29.5 Å². The highest BCUT2D eigenvalue weighted by Crippen LogP contribution is 2.28. The number of thiazole rings is 1. The third kappa shape index (κ3) is 3.58. The van der Waals surface area contributed by atoms with E-state index in [2.05, 4.69) is 4.98 Å². The first-order valence-corrected chi connectivity index (χ1v) is 8.27. The molecule has 0 fully saturated rings. The highest BCUT2D eigenvalue weighted by molar-refractivity contribution is 7.20. The van der Waals surface area contributed by atoms with E-state index in [0.717, 1.165) is 15.8 Å². The van der Waals surface area contributed by atoms with Crippen LogP contribution in [0.25, 0.3) is 10.2 Å². The van der Waals surface area contributed by atoms with Crippen molar-refractivity contribution in [2.24, 2.45) is 0 Å². The lowest BCUT2D eigenvalue weighted by atomic mass is 10.1. The van der Waals surface area contributed by atoms with Gasteiger partial charge in [-0.2, -0.15) is 0 Å². The largest absolute Gasteiger partial charge is 0.460 e. The summed E-state index contributed by atoms with van der Waals surface area (Å²) < 4.78 is 6.47. The molecule has 0 unspecified atom stereocenters. The lowest BCUT2D eigenvalue weighted by molar-refractivity contribution is -0.384. The average Bonchev–Trinajstić information content (AvgIpc) is 3.02. The van der Waals surface area contributed by atoms with E-state index in [1.807, 2.05) is 24.3 Å². The number of non-ortho nitro benzene ring substituents is 1. The number of para-hydroxylation sites is 1. The molecule has 2 aromatic carbocycles. The number of hydrogen-bond donors (Lipinski definition) is 0. The molecule has 0 bridgehead atoms. The summed E-state index contributed by atoms with van der Waals surface area (Å²) in [5, 5.41) is 11.3. The topological polar surface area (TPSA) is 85.6 Å². The Morgan fingerprint density at radius 2 is 2.08 bits per heavy atom. The Balaban J connectivity index is 1.72. The summed E-state index contributed by atoms with van der Waals surface area (Å²) in [6.07, 6.45) is 0. The van der Waals surface area contributed by atoms with Gasteiger partial charge in [0.15, 0.2) is 6.61 Å². The van der Waals surface area contributed by atoms with E-state index in [0.29, 0.717) is 10.9 Å². The number of carbonyl (C=O) groups excluding carboxylic acids is 1. The molecule has 0 aliphatic heterocycles. The Labute approximate surface area is 147 Å². The zero-order valence-corrected chi connectivity index (χ0v) is 14.4. The first-order chi connectivity index (χ1) is 12.0. The zero-order chi connectivity index (χ0) is 18.0. The minimum absolute atomic E-state index is 0.0626. The molecule has 0 saturated heterocycles. The fourth-order valence-corrected chi connectivity index (χ4v) is 3.15. The molecule has 7 nitrogen and oxygen atoms in total. The van der Waals surface area contributed by atoms with Crippen LogP contribution in [0.15, 0.2) is 42.5 Å². The van der Waals surface area contributed by atoms with Gasteiger partial charge in [-0.05, 0) is 24.6 Å². The summed E-state index contributed by atoms with van der Waals surface area (Å²) >= 11 is 1.36. The van der Waals surface area contributed by atoms with Gasteiger partial charge in [0.2, 0.25) is 0 Å². The Bertz CT molecular complexity index is 921. The molecular weight excluding hydrogens is 342 g/mol. The summed E-state index contributed by atoms with van der Waals surface area (Å²) in [6.45, 7) is 1.59. The third-order valence-corrected chi connectivity index (χ3v) is 4.68. The molecule has 1 amide bonds. The van der Waals surface area contributed by atoms with Crippen molar-refractivity contribution in [2.75, 3.05) is 18.6 Å². The van der Waals surface area contributed by atoms with Crippen LogP contribution >= 0.6 is 11.3 Å². The van der Waals surface area contributed by atoms with E-state index in [-0.39, 0.29) is 18.2 Å². The van der Waals surface area contributed by atoms with Crippen molar-refractivity contribution < 1.29 is 14.5 Å². The van der Waals surface area contributed by atoms with E-state index in [1.54, 1.807) is 20.0 Å². The second kappa shape index (κ2) is 6.86. The fourth-order valence-electron chi connectivity index (χ4n) is 2.34. The van der Waals surface area contributed by atoms with Crippen LogP contribution in [0, 0.1) is 17.0 Å². The number of ether oxygens (including phenoxy) is 1. The molecule has 128 valence electrons. The van der Waals surface area contributed by atoms with Gasteiger partial charge in [-0.3, -0.25) is 14.9 Å². The number of fused-ring (bicyclic) bond motifs is 1. The van der Waals surface area contributed by atoms with Crippen LogP contribution in [0.1, 0.15) is 5.56 Å². The van der Waals surface area contributed by atoms with Crippen LogP contribution in [0.2, 0.25) is 0 Å². The van der Waals surface area contributed by atoms with Crippen molar-refractivity contribution in [1.29, 1.82) is 0 Å². The van der Waals surface area contributed by atoms with Crippen LogP contribution in [0.5, 0.6) is 5.19 Å². The van der Waals surface area contributed by atoms with Crippen molar-refractivity contribution in [3.63, 3.8) is 0 Å². The molecule has 0 atom stereocenters. The van der Waals surface area contributed by atoms with Gasteiger partial charge in [0.05, 0.1) is 20.8 Å². The standard InChI is InChI=1S/C17H15N3O4S/c1-11-7-8-12(20(22)23)9-14(11)19(2)16(21)10-24-17-18-13-5-3-4-6-15(13)25-17/h3-9H,10H2,1-2H3. The molecule has 0 spiro atoms. The molecule has 0 radical (unpaired) electrons. The van der Waals surface area contributed by atoms with Gasteiger partial charge >= 0.3 is 0 Å². The Kier molecular flexibility index (Phi) is 4.62. The Morgan fingerprint density at radius 3 is 2.80 bits per heavy atom. The smallest absolute Gasteiger partial charge is 0.274 e. The maximum atomic E-state index is 12.4. The third-order valence-electron chi connectivity index (χ3n) is 3.73. The van der Waals surface area contributed by atoms with Gasteiger partial charge in [-0.25, -0.2) is 4.98 Å². The average molecular weight is 357 g/mol. The minimum atomic E-state index is -0.487. The van der Waals surface area contributed by atoms with Crippen molar-refractivity contribution in [2.45, 2.75) is 6.92 Å². The quantitative estimate of drug-likeness (QED) is 0.515. The summed E-state index contributed by atoms with van der Waals surface area (Å²) in [4.78, 5) is 28.5. The Morgan fingerprint density at radius 1 is 1.32 bits per heavy atom. The minimum Gasteiger partial charge on any atom is -0.460 e. The number of hydrogen-bond acceptors (Lipinski definition) is 6. The van der Waals surface area contributed by atoms with Crippen LogP contribution < -0.4 is 9.64 Å². The van der Waals surface area contributed by atoms with Crippen molar-refractivity contribution >= 4 is 38.8 Å². The van der Waals surface area contributed by atoms with E-state index in [9.17, 15) is 14.9 Å². The highest BCUT2D eigenvalue weighted by Gasteiger charge is 2.18. The molecule has 0 aliphatic rings. The number of benzene rings is 2. The van der Waals surface area contributed by atoms with E-state index in [1.165, 1.54) is 28.4 Å². The van der Waals surface area contributed by atoms with Crippen molar-refractivity contribution in [1.82, 2.24) is 4.98 Å². The molecule has 8 heteroatoms. The maximum absolute atomic E-state index is 12.4. The van der Waals surface area contributed by atoms with E-state index >= 15 is 0 Å². The molecule has 3 rings (SSSR count). The van der Waals surface area contributed by atoms with Crippen LogP contribution in [0.4, 0.5) is 11.4 Å². The van der Waals surface area contributed by atoms with E-state index in [4.69, 9.17) is 4.74 Å². The van der Waals surface area contributed by atoms with Gasteiger partial charge in [-0.15, -0.1) is 0 Å². The van der Waals surface area contributed by atoms with Gasteiger partial charge < -0.3 is 9.64 Å². The number of likely N-dealkylation sites (N-methyl/N-ethyl adjacent to an activating group) is 1. The first kappa shape index (κ1) is 16.8. The molecule has 25 heavy (non-hydrogen) atoms. The van der Waals surface area contributed by atoms with Crippen molar-refractivity contribution in [3.8, 4) is 5.19 Å². The molecule has 0 N–H and O–H groups in total. The number of nitro benzene ring substituents is 1. The number of anilines is 1. The van der Waals surface area contributed by atoms with Gasteiger partial charge in [0.1, 0.15) is 0 Å². The van der Waals surface area contributed by atoms with Crippen LogP contribution in [0.3, 0.4) is 0 Å². The predicted octanol–water partition coefficient (Wildman–Crippen LogP) is 3.55. The summed E-state index contributed by atoms with van der Waals surface area (Å²) in [6, 6.07) is 12.0. The van der Waals surface area contributed by atoms with E-state index < -0.39 is 4.92 Å². The highest BCUT2D eigenvalue weighted by atomic mass is 32.1. The molecule has 1 aromatic heterocycles. The predicted molar refractivity (Wildman–Crippen MR) is 96.4 cm³/mol. The number of carbonyl (C=O) groups is 1. The number of nitro groups is 1. The summed E-state index contributed by atoms with van der Waals surface area (Å²) in [5.74, 6) is -0.317. The molecule has 0 aliphatic carbocycles. The van der Waals surface area contributed by atoms with Crippen LogP contribution in [-0.2, 0) is 4.79 Å². The number of amides is 1. The molecule has 1 heterocycles. The summed E-state index contributed by atoms with van der Waals surface area (Å²) in [7, 11) is 1.57. The lowest BCUT2D eigenvalue weighted by Crippen LogP contribution is -2.31. The maximum Gasteiger partial charge on any atom is 0.274 e. The number of nitrogens with zero attached hydrogens (tertiary/aromatic N) is 3. The first-order valence-electron chi connectivity index (χ1n) is 7.45. The number of aryl methyl sites for hydroxylation is 1. The summed E-state index contributed by atoms with van der Waals surface area (Å²) in [5.41, 5.74) is 2.00. The molecule has 3 aromatic rings. The SMILES string of the molecule is Cc1ccc([N+](=O)[O-])cc1N(C)C(=O)COc1nc2ccccc2s1. The lowest BCUT2D eigenvalue weighted by Gasteiger charge is -2.19. The second-order valence-corrected chi connectivity index (χ2v) is 6.41. The number of rotatable bonds is 5. The second-order valence-electron chi connectivity index (χ2n) is 5.42. The molecular formula is C17H15N3O4S. The van der Waals surface area contributed by atoms with Gasteiger partial charge in [0.25, 0.3) is 16.8 Å².